The Hall–Kier alpha value is -2.16. The average molecular weight is 406 g/mol. The maximum Gasteiger partial charge on any atom is 0.255 e. The van der Waals surface area contributed by atoms with Crippen molar-refractivity contribution < 1.29 is 14.1 Å². The van der Waals surface area contributed by atoms with Gasteiger partial charge < -0.3 is 24.8 Å². The topological polar surface area (TPSA) is 92.5 Å². The first-order valence-electron chi connectivity index (χ1n) is 9.59. The first-order chi connectivity index (χ1) is 13.3. The molecule has 3 aliphatic rings. The first-order valence-corrected chi connectivity index (χ1v) is 9.59. The van der Waals surface area contributed by atoms with E-state index in [4.69, 9.17) is 9.26 Å². The summed E-state index contributed by atoms with van der Waals surface area (Å²) in [7, 11) is 0. The zero-order chi connectivity index (χ0) is 18.3. The number of amides is 1. The fourth-order valence-corrected chi connectivity index (χ4v) is 4.22. The predicted octanol–water partition coefficient (Wildman–Crippen LogP) is 2.42. The fraction of sp³-hybridized carbons (Fsp3) is 0.526. The van der Waals surface area contributed by atoms with E-state index in [0.717, 1.165) is 56.8 Å². The smallest absolute Gasteiger partial charge is 0.255 e. The minimum Gasteiger partial charge on any atom is -0.369 e. The molecule has 1 aromatic heterocycles. The lowest BCUT2D eigenvalue weighted by atomic mass is 9.84. The monoisotopic (exact) mass is 405 g/mol. The Balaban J connectivity index is 0.00000192. The summed E-state index contributed by atoms with van der Waals surface area (Å²) in [4.78, 5) is 19.7. The number of halogens is 1. The van der Waals surface area contributed by atoms with Crippen molar-refractivity contribution in [2.24, 2.45) is 0 Å². The maximum atomic E-state index is 13.5. The van der Waals surface area contributed by atoms with Crippen LogP contribution in [0.5, 0.6) is 0 Å². The molecule has 5 rings (SSSR count). The van der Waals surface area contributed by atoms with Crippen LogP contribution in [-0.2, 0) is 16.1 Å². The van der Waals surface area contributed by atoms with E-state index in [1.165, 1.54) is 0 Å². The number of ether oxygens (including phenoxy) is 1. The van der Waals surface area contributed by atoms with E-state index in [1.54, 1.807) is 4.90 Å². The third-order valence-electron chi connectivity index (χ3n) is 5.67. The van der Waals surface area contributed by atoms with Gasteiger partial charge in [-0.25, -0.2) is 0 Å². The summed E-state index contributed by atoms with van der Waals surface area (Å²) in [6, 6.07) is 7.90. The molecule has 0 bridgehead atoms. The minimum atomic E-state index is -0.569. The Morgan fingerprint density at radius 2 is 2.07 bits per heavy atom. The minimum absolute atomic E-state index is 0. The van der Waals surface area contributed by atoms with Crippen molar-refractivity contribution in [1.82, 2.24) is 15.5 Å². The van der Waals surface area contributed by atoms with E-state index < -0.39 is 5.54 Å². The van der Waals surface area contributed by atoms with Crippen LogP contribution >= 0.6 is 12.4 Å². The van der Waals surface area contributed by atoms with Crippen LogP contribution in [0.25, 0.3) is 0 Å². The van der Waals surface area contributed by atoms with Crippen molar-refractivity contribution in [3.05, 3.63) is 36.0 Å². The number of benzene rings is 1. The molecule has 1 unspecified atom stereocenters. The molecule has 0 aliphatic carbocycles. The van der Waals surface area contributed by atoms with Gasteiger partial charge in [-0.2, -0.15) is 4.98 Å². The SMILES string of the molecule is Cl.O=C1N(Cc2noc(C3CCCO3)n2)c2ccccc2NC12CCNCC2. The maximum absolute atomic E-state index is 13.5. The lowest BCUT2D eigenvalue weighted by Gasteiger charge is -2.45. The summed E-state index contributed by atoms with van der Waals surface area (Å²) in [6.07, 6.45) is 3.29. The van der Waals surface area contributed by atoms with Crippen molar-refractivity contribution in [3.63, 3.8) is 0 Å². The molecule has 2 saturated heterocycles. The molecule has 28 heavy (non-hydrogen) atoms. The number of rotatable bonds is 3. The third kappa shape index (κ3) is 3.25. The molecular formula is C19H24ClN5O3. The number of nitrogens with zero attached hydrogens (tertiary/aromatic N) is 3. The number of carbonyl (C=O) groups excluding carboxylic acids is 1. The van der Waals surface area contributed by atoms with Crippen LogP contribution in [0.15, 0.2) is 28.8 Å². The summed E-state index contributed by atoms with van der Waals surface area (Å²) in [5.41, 5.74) is 1.26. The summed E-state index contributed by atoms with van der Waals surface area (Å²) >= 11 is 0. The van der Waals surface area contributed by atoms with Crippen molar-refractivity contribution in [1.29, 1.82) is 0 Å². The van der Waals surface area contributed by atoms with Gasteiger partial charge in [0.1, 0.15) is 11.6 Å². The highest BCUT2D eigenvalue weighted by Crippen LogP contribution is 2.39. The molecule has 1 amide bonds. The molecular weight excluding hydrogens is 382 g/mol. The van der Waals surface area contributed by atoms with Crippen LogP contribution in [0.2, 0.25) is 0 Å². The highest BCUT2D eigenvalue weighted by atomic mass is 35.5. The highest BCUT2D eigenvalue weighted by Gasteiger charge is 2.46. The second kappa shape index (κ2) is 7.69. The lowest BCUT2D eigenvalue weighted by molar-refractivity contribution is -0.124. The molecule has 0 saturated carbocycles. The zero-order valence-electron chi connectivity index (χ0n) is 15.5. The summed E-state index contributed by atoms with van der Waals surface area (Å²) < 4.78 is 11.0. The molecule has 1 spiro atoms. The van der Waals surface area contributed by atoms with Gasteiger partial charge in [-0.05, 0) is 50.9 Å². The summed E-state index contributed by atoms with van der Waals surface area (Å²) in [6.45, 7) is 2.66. The van der Waals surface area contributed by atoms with E-state index in [1.807, 2.05) is 24.3 Å². The lowest BCUT2D eigenvalue weighted by Crippen LogP contribution is -2.61. The number of piperidine rings is 1. The van der Waals surface area contributed by atoms with Crippen molar-refractivity contribution >= 4 is 29.7 Å². The van der Waals surface area contributed by atoms with Crippen LogP contribution in [-0.4, -0.2) is 41.3 Å². The Kier molecular flexibility index (Phi) is 5.27. The predicted molar refractivity (Wildman–Crippen MR) is 106 cm³/mol. The number of para-hydroxylation sites is 2. The summed E-state index contributed by atoms with van der Waals surface area (Å²) in [5, 5.41) is 11.0. The third-order valence-corrected chi connectivity index (χ3v) is 5.67. The van der Waals surface area contributed by atoms with Crippen LogP contribution in [0.3, 0.4) is 0 Å². The van der Waals surface area contributed by atoms with Gasteiger partial charge in [0.15, 0.2) is 5.82 Å². The largest absolute Gasteiger partial charge is 0.369 e. The average Bonchev–Trinajstić information content (AvgIpc) is 3.38. The number of hydrogen-bond donors (Lipinski definition) is 2. The molecule has 2 N–H and O–H groups in total. The number of anilines is 2. The fourth-order valence-electron chi connectivity index (χ4n) is 4.22. The van der Waals surface area contributed by atoms with Gasteiger partial charge in [0.05, 0.1) is 17.9 Å². The second-order valence-electron chi connectivity index (χ2n) is 7.42. The van der Waals surface area contributed by atoms with Crippen molar-refractivity contribution in [3.8, 4) is 0 Å². The molecule has 2 fully saturated rings. The molecule has 4 heterocycles. The van der Waals surface area contributed by atoms with Gasteiger partial charge >= 0.3 is 0 Å². The number of aromatic nitrogens is 2. The van der Waals surface area contributed by atoms with E-state index in [9.17, 15) is 4.79 Å². The quantitative estimate of drug-likeness (QED) is 0.810. The molecule has 3 aliphatic heterocycles. The van der Waals surface area contributed by atoms with Crippen LogP contribution in [0.4, 0.5) is 11.4 Å². The highest BCUT2D eigenvalue weighted by molar-refractivity contribution is 6.07. The van der Waals surface area contributed by atoms with Crippen LogP contribution < -0.4 is 15.5 Å². The molecule has 0 radical (unpaired) electrons. The molecule has 9 heteroatoms. The standard InChI is InChI=1S/C19H23N5O3.ClH/c25-18-19(7-9-20-10-8-19)22-13-4-1-2-5-14(13)24(18)12-16-21-17(27-23-16)15-6-3-11-26-15;/h1-2,4-5,15,20,22H,3,6-12H2;1H. The van der Waals surface area contributed by atoms with Gasteiger partial charge in [0.25, 0.3) is 11.8 Å². The number of nitrogens with one attached hydrogen (secondary N) is 2. The molecule has 1 aromatic carbocycles. The number of fused-ring (bicyclic) bond motifs is 1. The van der Waals surface area contributed by atoms with Gasteiger partial charge in [0, 0.05) is 6.61 Å². The van der Waals surface area contributed by atoms with Crippen LogP contribution in [0, 0.1) is 0 Å². The molecule has 150 valence electrons. The molecule has 2 aromatic rings. The van der Waals surface area contributed by atoms with Crippen molar-refractivity contribution in [2.75, 3.05) is 29.9 Å². The number of carbonyl (C=O) groups is 1. The number of hydrogen-bond acceptors (Lipinski definition) is 7. The van der Waals surface area contributed by atoms with E-state index in [2.05, 4.69) is 20.8 Å². The van der Waals surface area contributed by atoms with Gasteiger partial charge in [-0.1, -0.05) is 17.3 Å². The Labute approximate surface area is 169 Å². The van der Waals surface area contributed by atoms with Gasteiger partial charge in [-0.3, -0.25) is 4.79 Å². The van der Waals surface area contributed by atoms with Crippen molar-refractivity contribution in [2.45, 2.75) is 43.9 Å². The zero-order valence-corrected chi connectivity index (χ0v) is 16.3. The first kappa shape index (κ1) is 19.2. The van der Waals surface area contributed by atoms with Gasteiger partial charge in [0.2, 0.25) is 0 Å². The van der Waals surface area contributed by atoms with E-state index in [0.29, 0.717) is 18.3 Å². The second-order valence-corrected chi connectivity index (χ2v) is 7.42. The normalized spacial score (nSPS) is 23.2. The van der Waals surface area contributed by atoms with Crippen LogP contribution in [0.1, 0.15) is 43.5 Å². The van der Waals surface area contributed by atoms with E-state index >= 15 is 0 Å². The Morgan fingerprint density at radius 1 is 1.25 bits per heavy atom. The Bertz CT molecular complexity index is 846. The van der Waals surface area contributed by atoms with Gasteiger partial charge in [-0.15, -0.1) is 12.4 Å². The molecule has 1 atom stereocenters. The van der Waals surface area contributed by atoms with E-state index in [-0.39, 0.29) is 24.4 Å². The summed E-state index contributed by atoms with van der Waals surface area (Å²) in [5.74, 6) is 1.09. The Morgan fingerprint density at radius 3 is 2.86 bits per heavy atom. The molecule has 8 nitrogen and oxygen atoms in total.